The molecule has 0 unspecified atom stereocenters. The second-order valence-corrected chi connectivity index (χ2v) is 5.31. The summed E-state index contributed by atoms with van der Waals surface area (Å²) in [4.78, 5) is 11.8. The molecule has 2 rings (SSSR count). The summed E-state index contributed by atoms with van der Waals surface area (Å²) < 4.78 is 22.6. The van der Waals surface area contributed by atoms with Gasteiger partial charge in [-0.2, -0.15) is 0 Å². The Kier molecular flexibility index (Phi) is 0.951. The largest absolute Gasteiger partial charge is 0.390 e. The lowest BCUT2D eigenvalue weighted by molar-refractivity contribution is -0.130. The van der Waals surface area contributed by atoms with E-state index >= 15 is 0 Å². The topological polar surface area (TPSA) is 37.3 Å². The summed E-state index contributed by atoms with van der Waals surface area (Å²) in [5.74, 6) is -0.218. The minimum Gasteiger partial charge on any atom is -0.390 e. The average molecular weight is 185 g/mol. The fourth-order valence-corrected chi connectivity index (χ4v) is 3.06. The summed E-state index contributed by atoms with van der Waals surface area (Å²) in [7, 11) is 0. The maximum atomic E-state index is 11.8. The molecule has 2 nitrogen and oxygen atoms in total. The first-order valence-corrected chi connectivity index (χ1v) is 4.72. The summed E-state index contributed by atoms with van der Waals surface area (Å²) in [6.45, 7) is 3.11. The van der Waals surface area contributed by atoms with Crippen LogP contribution in [0.4, 0.5) is 0 Å². The van der Waals surface area contributed by atoms with Gasteiger partial charge in [0.25, 0.3) is 0 Å². The van der Waals surface area contributed by atoms with Crippen molar-refractivity contribution in [3.8, 4) is 0 Å². The summed E-state index contributed by atoms with van der Waals surface area (Å²) in [6, 6.07) is 0. The van der Waals surface area contributed by atoms with E-state index in [1.807, 2.05) is 13.8 Å². The predicted octanol–water partition coefficient (Wildman–Crippen LogP) is 1.76. The molecule has 2 fully saturated rings. The van der Waals surface area contributed by atoms with Gasteiger partial charge in [0.1, 0.15) is 5.78 Å². The van der Waals surface area contributed by atoms with Crippen LogP contribution in [0.3, 0.4) is 0 Å². The number of Topliss-reactive ketones (excluding diaryl/α,β-unsaturated/α-hetero) is 1. The lowest BCUT2D eigenvalue weighted by Gasteiger charge is -2.42. The Morgan fingerprint density at radius 3 is 2.46 bits per heavy atom. The van der Waals surface area contributed by atoms with Crippen molar-refractivity contribution in [3.05, 3.63) is 0 Å². The molecule has 2 saturated carbocycles. The minimum atomic E-state index is -2.42. The van der Waals surface area contributed by atoms with Crippen LogP contribution in [0.15, 0.2) is 0 Å². The number of aliphatic hydroxyl groups is 1. The lowest BCUT2D eigenvalue weighted by Crippen LogP contribution is -2.45. The maximum absolute atomic E-state index is 11.8. The third-order valence-electron chi connectivity index (χ3n) is 4.62. The molecule has 0 amide bonds. The third-order valence-corrected chi connectivity index (χ3v) is 4.62. The summed E-state index contributed by atoms with van der Waals surface area (Å²) in [5, 5.41) is 10.5. The van der Waals surface area contributed by atoms with E-state index in [0.717, 1.165) is 0 Å². The first-order valence-electron chi connectivity index (χ1n) is 6.22. The van der Waals surface area contributed by atoms with E-state index in [9.17, 15) is 9.90 Å². The van der Waals surface area contributed by atoms with Crippen LogP contribution in [0.25, 0.3) is 0 Å². The van der Waals surface area contributed by atoms with Gasteiger partial charge >= 0.3 is 0 Å². The molecule has 0 heterocycles. The molecule has 2 aliphatic rings. The highest BCUT2D eigenvalue weighted by atomic mass is 16.3. The summed E-state index contributed by atoms with van der Waals surface area (Å²) >= 11 is 0. The maximum Gasteiger partial charge on any atom is 0.137 e. The van der Waals surface area contributed by atoms with Gasteiger partial charge in [-0.3, -0.25) is 4.79 Å². The summed E-state index contributed by atoms with van der Waals surface area (Å²) in [5.41, 5.74) is -3.00. The number of hydrogen-bond donors (Lipinski definition) is 1. The predicted molar refractivity (Wildman–Crippen MR) is 50.2 cm³/mol. The van der Waals surface area contributed by atoms with Crippen LogP contribution in [0, 0.1) is 16.7 Å². The van der Waals surface area contributed by atoms with E-state index in [-0.39, 0.29) is 24.5 Å². The van der Waals surface area contributed by atoms with Crippen molar-refractivity contribution in [1.82, 2.24) is 0 Å². The standard InChI is InChI=1S/C11H18O2/c1-9(2)7-5-11(4,13)10(9,3)6-8(7)12/h7,13H,5-6H2,1-4H3/t7-,10-,11+/m0/s1/i4D3. The van der Waals surface area contributed by atoms with Crippen LogP contribution in [-0.4, -0.2) is 16.5 Å². The van der Waals surface area contributed by atoms with Crippen LogP contribution in [0.1, 0.15) is 44.6 Å². The molecule has 13 heavy (non-hydrogen) atoms. The van der Waals surface area contributed by atoms with Crippen molar-refractivity contribution in [2.24, 2.45) is 16.7 Å². The molecule has 0 saturated heterocycles. The molecule has 74 valence electrons. The van der Waals surface area contributed by atoms with Gasteiger partial charge in [0.05, 0.1) is 5.60 Å². The molecule has 2 aliphatic carbocycles. The third kappa shape index (κ3) is 0.762. The fraction of sp³-hybridized carbons (Fsp3) is 0.909. The van der Waals surface area contributed by atoms with Gasteiger partial charge in [-0.25, -0.2) is 0 Å². The highest BCUT2D eigenvalue weighted by Crippen LogP contribution is 2.67. The number of carbonyl (C=O) groups is 1. The molecule has 0 aromatic rings. The zero-order valence-electron chi connectivity index (χ0n) is 11.3. The van der Waals surface area contributed by atoms with Gasteiger partial charge < -0.3 is 5.11 Å². The van der Waals surface area contributed by atoms with Crippen LogP contribution in [0.2, 0.25) is 0 Å². The average Bonchev–Trinajstić information content (AvgIpc) is 2.32. The number of hydrogen-bond acceptors (Lipinski definition) is 2. The van der Waals surface area contributed by atoms with E-state index in [2.05, 4.69) is 0 Å². The van der Waals surface area contributed by atoms with Crippen LogP contribution < -0.4 is 0 Å². The van der Waals surface area contributed by atoms with Crippen molar-refractivity contribution in [2.45, 2.75) is 46.1 Å². The van der Waals surface area contributed by atoms with Gasteiger partial charge in [0, 0.05) is 21.9 Å². The number of ketones is 1. The lowest BCUT2D eigenvalue weighted by atomic mass is 9.65. The van der Waals surface area contributed by atoms with Gasteiger partial charge in [0.2, 0.25) is 0 Å². The molecule has 2 bridgehead atoms. The Hall–Kier alpha value is -0.370. The Morgan fingerprint density at radius 1 is 1.54 bits per heavy atom. The quantitative estimate of drug-likeness (QED) is 0.624. The van der Waals surface area contributed by atoms with Crippen LogP contribution in [0.5, 0.6) is 0 Å². The van der Waals surface area contributed by atoms with Crippen LogP contribution in [-0.2, 0) is 4.79 Å². The van der Waals surface area contributed by atoms with Gasteiger partial charge in [-0.1, -0.05) is 20.8 Å². The van der Waals surface area contributed by atoms with E-state index in [0.29, 0.717) is 0 Å². The molecular formula is C11H18O2. The number of rotatable bonds is 0. The van der Waals surface area contributed by atoms with Crippen molar-refractivity contribution >= 4 is 5.78 Å². The second-order valence-electron chi connectivity index (χ2n) is 5.31. The van der Waals surface area contributed by atoms with E-state index in [4.69, 9.17) is 4.11 Å². The zero-order chi connectivity index (χ0) is 12.6. The molecular weight excluding hydrogens is 164 g/mol. The number of fused-ring (bicyclic) bond motifs is 2. The monoisotopic (exact) mass is 185 g/mol. The molecule has 0 aliphatic heterocycles. The van der Waals surface area contributed by atoms with E-state index in [1.54, 1.807) is 6.92 Å². The van der Waals surface area contributed by atoms with Gasteiger partial charge in [-0.05, 0) is 18.7 Å². The van der Waals surface area contributed by atoms with Crippen molar-refractivity contribution in [3.63, 3.8) is 0 Å². The number of carbonyl (C=O) groups excluding carboxylic acids is 1. The highest BCUT2D eigenvalue weighted by molar-refractivity contribution is 5.87. The van der Waals surface area contributed by atoms with Crippen LogP contribution >= 0.6 is 0 Å². The normalized spacial score (nSPS) is 57.4. The van der Waals surface area contributed by atoms with Crippen molar-refractivity contribution < 1.29 is 14.0 Å². The Balaban J connectivity index is 2.56. The molecule has 0 aromatic carbocycles. The SMILES string of the molecule is [2H]C([2H])([2H])[C@@]1(O)C[C@H]2C(=O)C[C@@]1(C)C2(C)C. The fourth-order valence-electron chi connectivity index (χ4n) is 3.06. The van der Waals surface area contributed by atoms with E-state index < -0.39 is 23.3 Å². The Bertz CT molecular complexity index is 361. The van der Waals surface area contributed by atoms with E-state index in [1.165, 1.54) is 0 Å². The molecule has 0 radical (unpaired) electrons. The Labute approximate surface area is 83.5 Å². The Morgan fingerprint density at radius 2 is 2.15 bits per heavy atom. The first kappa shape index (κ1) is 6.18. The van der Waals surface area contributed by atoms with Gasteiger partial charge in [0.15, 0.2) is 0 Å². The molecule has 3 atom stereocenters. The summed E-state index contributed by atoms with van der Waals surface area (Å²) in [6.07, 6.45) is 0.255. The first-order chi connectivity index (χ1) is 6.97. The van der Waals surface area contributed by atoms with Crippen molar-refractivity contribution in [1.29, 1.82) is 0 Å². The zero-order valence-corrected chi connectivity index (χ0v) is 8.35. The smallest absolute Gasteiger partial charge is 0.137 e. The molecule has 2 heteroatoms. The van der Waals surface area contributed by atoms with Gasteiger partial charge in [-0.15, -0.1) is 0 Å². The minimum absolute atomic E-state index is 0.0752. The highest BCUT2D eigenvalue weighted by Gasteiger charge is 2.69. The molecule has 0 spiro atoms. The van der Waals surface area contributed by atoms with Crippen molar-refractivity contribution in [2.75, 3.05) is 0 Å². The molecule has 1 N–H and O–H groups in total. The molecule has 0 aromatic heterocycles. The second kappa shape index (κ2) is 2.00.